The fraction of sp³-hybridized carbons (Fsp3) is 0.571. The molecule has 1 fully saturated rings. The van der Waals surface area contributed by atoms with Crippen molar-refractivity contribution in [1.82, 2.24) is 0 Å². The largest absolute Gasteiger partial charge is 0.489 e. The Kier molecular flexibility index (Phi) is 3.75. The fourth-order valence-corrected chi connectivity index (χ4v) is 2.40. The molecule has 0 bridgehead atoms. The van der Waals surface area contributed by atoms with Gasteiger partial charge in [-0.25, -0.2) is 0 Å². The number of hydrogen-bond acceptors (Lipinski definition) is 5. The van der Waals surface area contributed by atoms with Gasteiger partial charge in [-0.2, -0.15) is 0 Å². The molecule has 0 amide bonds. The number of fused-ring (bicyclic) bond motifs is 1. The minimum atomic E-state index is 0.0397. The zero-order chi connectivity index (χ0) is 13.1. The topological polar surface area (TPSA) is 65.7 Å². The van der Waals surface area contributed by atoms with E-state index in [1.165, 1.54) is 0 Å². The van der Waals surface area contributed by atoms with Crippen LogP contribution in [-0.4, -0.2) is 38.6 Å². The molecule has 0 aromatic heterocycles. The number of anilines is 2. The Hall–Kier alpha value is -1.46. The van der Waals surface area contributed by atoms with Crippen LogP contribution in [-0.2, 0) is 9.47 Å². The second-order valence-electron chi connectivity index (χ2n) is 5.04. The number of hydrogen-bond donors (Lipinski definition) is 2. The van der Waals surface area contributed by atoms with Crippen LogP contribution in [0.4, 0.5) is 11.4 Å². The van der Waals surface area contributed by atoms with E-state index in [-0.39, 0.29) is 12.2 Å². The molecule has 19 heavy (non-hydrogen) atoms. The first-order valence-electron chi connectivity index (χ1n) is 6.80. The Morgan fingerprint density at radius 3 is 3.21 bits per heavy atom. The normalized spacial score (nSPS) is 26.1. The number of nitrogen functional groups attached to an aromatic ring is 1. The van der Waals surface area contributed by atoms with E-state index in [9.17, 15) is 0 Å². The van der Waals surface area contributed by atoms with Crippen LogP contribution in [0.25, 0.3) is 0 Å². The Morgan fingerprint density at radius 1 is 1.42 bits per heavy atom. The van der Waals surface area contributed by atoms with Crippen molar-refractivity contribution in [1.29, 1.82) is 0 Å². The van der Waals surface area contributed by atoms with Gasteiger partial charge in [-0.05, 0) is 31.0 Å². The molecule has 1 aromatic rings. The van der Waals surface area contributed by atoms with Gasteiger partial charge >= 0.3 is 0 Å². The smallest absolute Gasteiger partial charge is 0.142 e. The summed E-state index contributed by atoms with van der Waals surface area (Å²) in [6.07, 6.45) is 2.52. The van der Waals surface area contributed by atoms with Gasteiger partial charge in [-0.1, -0.05) is 0 Å². The molecule has 1 saturated heterocycles. The molecule has 2 aliphatic heterocycles. The van der Waals surface area contributed by atoms with Crippen molar-refractivity contribution in [2.75, 3.05) is 37.4 Å². The highest BCUT2D eigenvalue weighted by Crippen LogP contribution is 2.29. The number of nitrogens with two attached hydrogens (primary N) is 1. The number of ether oxygens (including phenoxy) is 3. The summed E-state index contributed by atoms with van der Waals surface area (Å²) in [6.45, 7) is 2.78. The molecule has 2 heterocycles. The summed E-state index contributed by atoms with van der Waals surface area (Å²) in [5, 5.41) is 3.32. The minimum absolute atomic E-state index is 0.0397. The van der Waals surface area contributed by atoms with E-state index in [2.05, 4.69) is 5.32 Å². The van der Waals surface area contributed by atoms with Crippen LogP contribution in [0.2, 0.25) is 0 Å². The molecule has 0 aliphatic carbocycles. The first kappa shape index (κ1) is 12.6. The molecule has 3 N–H and O–H groups in total. The standard InChI is InChI=1S/C14H20N2O3/c15-10-3-4-14-13(6-10)16-7-12(9-19-14)18-8-11-2-1-5-17-11/h3-4,6,11-12,16H,1-2,5,7-9,15H2. The first-order chi connectivity index (χ1) is 9.31. The van der Waals surface area contributed by atoms with Gasteiger partial charge in [0.25, 0.3) is 0 Å². The zero-order valence-electron chi connectivity index (χ0n) is 10.9. The molecule has 5 heteroatoms. The Labute approximate surface area is 113 Å². The highest BCUT2D eigenvalue weighted by molar-refractivity contribution is 5.63. The van der Waals surface area contributed by atoms with Crippen LogP contribution >= 0.6 is 0 Å². The second kappa shape index (κ2) is 5.67. The Morgan fingerprint density at radius 2 is 2.37 bits per heavy atom. The van der Waals surface area contributed by atoms with Crippen molar-refractivity contribution in [2.24, 2.45) is 0 Å². The van der Waals surface area contributed by atoms with Gasteiger partial charge < -0.3 is 25.3 Å². The lowest BCUT2D eigenvalue weighted by molar-refractivity contribution is -0.0288. The Bertz CT molecular complexity index is 433. The number of benzene rings is 1. The summed E-state index contributed by atoms with van der Waals surface area (Å²) in [6, 6.07) is 5.62. The maximum Gasteiger partial charge on any atom is 0.142 e. The first-order valence-corrected chi connectivity index (χ1v) is 6.80. The van der Waals surface area contributed by atoms with Crippen molar-refractivity contribution in [3.63, 3.8) is 0 Å². The molecule has 2 atom stereocenters. The summed E-state index contributed by atoms with van der Waals surface area (Å²) < 4.78 is 17.2. The number of nitrogens with one attached hydrogen (secondary N) is 1. The van der Waals surface area contributed by atoms with Gasteiger partial charge in [0.15, 0.2) is 0 Å². The van der Waals surface area contributed by atoms with Crippen LogP contribution in [0.5, 0.6) is 5.75 Å². The summed E-state index contributed by atoms with van der Waals surface area (Å²) in [5.41, 5.74) is 7.43. The average Bonchev–Trinajstić information content (AvgIpc) is 2.85. The highest BCUT2D eigenvalue weighted by atomic mass is 16.6. The molecule has 2 unspecified atom stereocenters. The molecular formula is C14H20N2O3. The quantitative estimate of drug-likeness (QED) is 0.812. The maximum absolute atomic E-state index is 5.86. The van der Waals surface area contributed by atoms with Gasteiger partial charge in [-0.15, -0.1) is 0 Å². The van der Waals surface area contributed by atoms with Crippen LogP contribution in [0.15, 0.2) is 18.2 Å². The summed E-state index contributed by atoms with van der Waals surface area (Å²) in [4.78, 5) is 0. The van der Waals surface area contributed by atoms with E-state index in [0.717, 1.165) is 43.1 Å². The maximum atomic E-state index is 5.86. The van der Waals surface area contributed by atoms with Crippen molar-refractivity contribution < 1.29 is 14.2 Å². The van der Waals surface area contributed by atoms with Crippen LogP contribution in [0.1, 0.15) is 12.8 Å². The lowest BCUT2D eigenvalue weighted by Crippen LogP contribution is -2.30. The van der Waals surface area contributed by atoms with Gasteiger partial charge in [0.05, 0.1) is 18.4 Å². The van der Waals surface area contributed by atoms with Crippen molar-refractivity contribution in [2.45, 2.75) is 25.0 Å². The molecule has 1 aromatic carbocycles. The molecule has 0 spiro atoms. The molecule has 104 valence electrons. The van der Waals surface area contributed by atoms with E-state index in [1.54, 1.807) is 0 Å². The molecule has 5 nitrogen and oxygen atoms in total. The van der Waals surface area contributed by atoms with Gasteiger partial charge in [0.2, 0.25) is 0 Å². The van der Waals surface area contributed by atoms with E-state index in [1.807, 2.05) is 18.2 Å². The van der Waals surface area contributed by atoms with Crippen LogP contribution in [0, 0.1) is 0 Å². The van der Waals surface area contributed by atoms with Gasteiger partial charge in [0.1, 0.15) is 18.5 Å². The predicted octanol–water partition coefficient (Wildman–Crippen LogP) is 1.64. The average molecular weight is 264 g/mol. The fourth-order valence-electron chi connectivity index (χ4n) is 2.40. The van der Waals surface area contributed by atoms with E-state index < -0.39 is 0 Å². The van der Waals surface area contributed by atoms with Crippen LogP contribution < -0.4 is 15.8 Å². The third kappa shape index (κ3) is 3.11. The minimum Gasteiger partial charge on any atom is -0.489 e. The summed E-state index contributed by atoms with van der Waals surface area (Å²) >= 11 is 0. The molecule has 2 aliphatic rings. The highest BCUT2D eigenvalue weighted by Gasteiger charge is 2.21. The van der Waals surface area contributed by atoms with Gasteiger partial charge in [0, 0.05) is 18.8 Å². The van der Waals surface area contributed by atoms with Crippen molar-refractivity contribution in [3.8, 4) is 5.75 Å². The lowest BCUT2D eigenvalue weighted by Gasteiger charge is -2.17. The van der Waals surface area contributed by atoms with Crippen molar-refractivity contribution >= 4 is 11.4 Å². The van der Waals surface area contributed by atoms with Crippen LogP contribution in [0.3, 0.4) is 0 Å². The van der Waals surface area contributed by atoms with Crippen molar-refractivity contribution in [3.05, 3.63) is 18.2 Å². The lowest BCUT2D eigenvalue weighted by atomic mass is 10.2. The molecular weight excluding hydrogens is 244 g/mol. The monoisotopic (exact) mass is 264 g/mol. The SMILES string of the molecule is Nc1ccc2c(c1)NCC(OCC1CCCO1)CO2. The van der Waals surface area contributed by atoms with Gasteiger partial charge in [-0.3, -0.25) is 0 Å². The predicted molar refractivity (Wildman–Crippen MR) is 73.6 cm³/mol. The number of rotatable bonds is 3. The zero-order valence-corrected chi connectivity index (χ0v) is 10.9. The molecule has 0 saturated carbocycles. The third-order valence-corrected chi connectivity index (χ3v) is 3.49. The van der Waals surface area contributed by atoms with E-state index in [4.69, 9.17) is 19.9 Å². The van der Waals surface area contributed by atoms with E-state index in [0.29, 0.717) is 13.2 Å². The summed E-state index contributed by atoms with van der Waals surface area (Å²) in [7, 11) is 0. The third-order valence-electron chi connectivity index (χ3n) is 3.49. The Balaban J connectivity index is 1.54. The van der Waals surface area contributed by atoms with E-state index >= 15 is 0 Å². The molecule has 0 radical (unpaired) electrons. The summed E-state index contributed by atoms with van der Waals surface area (Å²) in [5.74, 6) is 0.831. The second-order valence-corrected chi connectivity index (χ2v) is 5.04. The molecule has 3 rings (SSSR count).